The van der Waals surface area contributed by atoms with Gasteiger partial charge in [-0.25, -0.2) is 0 Å². The molecule has 0 saturated carbocycles. The summed E-state index contributed by atoms with van der Waals surface area (Å²) in [6.45, 7) is 11.3. The lowest BCUT2D eigenvalue weighted by atomic mass is 9.73. The molecule has 3 N–H and O–H groups in total. The van der Waals surface area contributed by atoms with Gasteiger partial charge in [0.05, 0.1) is 5.92 Å². The van der Waals surface area contributed by atoms with Crippen LogP contribution in [0.2, 0.25) is 0 Å². The molecular weight excluding hydrogens is 430 g/mol. The number of nitrogens with one attached hydrogen (secondary N) is 1. The fourth-order valence-electron chi connectivity index (χ4n) is 5.40. The van der Waals surface area contributed by atoms with E-state index >= 15 is 0 Å². The molecule has 1 amide bonds. The molecule has 0 radical (unpaired) electrons. The molecule has 2 aromatic rings. The number of phenolic OH excluding ortho intramolecular Hbond substituents is 2. The first kappa shape index (κ1) is 23.9. The van der Waals surface area contributed by atoms with Crippen molar-refractivity contribution in [3.63, 3.8) is 0 Å². The van der Waals surface area contributed by atoms with Crippen molar-refractivity contribution in [1.29, 1.82) is 0 Å². The number of hydrogen-bond donors (Lipinski definition) is 3. The highest BCUT2D eigenvalue weighted by Crippen LogP contribution is 2.51. The Hall–Kier alpha value is -3.22. The summed E-state index contributed by atoms with van der Waals surface area (Å²) in [6.07, 6.45) is 2.04. The van der Waals surface area contributed by atoms with Crippen LogP contribution in [0.3, 0.4) is 0 Å². The highest BCUT2D eigenvalue weighted by molar-refractivity contribution is 6.41. The summed E-state index contributed by atoms with van der Waals surface area (Å²) in [7, 11) is 2.10. The molecule has 7 heteroatoms. The Kier molecular flexibility index (Phi) is 6.23. The number of phenols is 2. The van der Waals surface area contributed by atoms with Gasteiger partial charge >= 0.3 is 0 Å². The molecule has 0 spiro atoms. The third-order valence-electron chi connectivity index (χ3n) is 7.29. The van der Waals surface area contributed by atoms with Crippen molar-refractivity contribution in [1.82, 2.24) is 5.32 Å². The van der Waals surface area contributed by atoms with Gasteiger partial charge in [0.25, 0.3) is 5.91 Å². The largest absolute Gasteiger partial charge is 0.508 e. The van der Waals surface area contributed by atoms with Crippen LogP contribution < -0.4 is 10.2 Å². The molecule has 2 aromatic carbocycles. The van der Waals surface area contributed by atoms with Crippen LogP contribution in [0.4, 0.5) is 5.69 Å². The minimum absolute atomic E-state index is 0.0345. The Morgan fingerprint density at radius 1 is 1.29 bits per heavy atom. The predicted molar refractivity (Wildman–Crippen MR) is 134 cm³/mol. The number of anilines is 1. The standard InChI is InChI=1S/C27H35N3O4/c1-7-28-26(33)25-24(18-10-11-21-17(16(18)4)9-8-12-30(21)6)27(5,34-29-25)20-13-19(15(2)3)22(31)14-23(20)32/h10-11,13-15,24,31-32H,7-9,12H2,1-6H3,(H,28,33)/t24?,27-/m0/s1. The molecule has 4 rings (SSSR count). The molecular formula is C27H35N3O4. The number of carbonyl (C=O) groups excluding carboxylic acids is 1. The maximum absolute atomic E-state index is 13.1. The number of nitrogens with zero attached hydrogens (tertiary/aromatic N) is 2. The summed E-state index contributed by atoms with van der Waals surface area (Å²) >= 11 is 0. The van der Waals surface area contributed by atoms with E-state index in [1.807, 2.05) is 27.7 Å². The van der Waals surface area contributed by atoms with Crippen molar-refractivity contribution in [2.45, 2.75) is 64.9 Å². The minimum atomic E-state index is -1.14. The Labute approximate surface area is 201 Å². The van der Waals surface area contributed by atoms with Gasteiger partial charge in [-0.2, -0.15) is 0 Å². The van der Waals surface area contributed by atoms with E-state index in [0.717, 1.165) is 30.5 Å². The van der Waals surface area contributed by atoms with E-state index < -0.39 is 11.5 Å². The smallest absolute Gasteiger partial charge is 0.269 e. The molecule has 0 fully saturated rings. The zero-order valence-corrected chi connectivity index (χ0v) is 20.9. The summed E-state index contributed by atoms with van der Waals surface area (Å²) < 4.78 is 0. The first-order chi connectivity index (χ1) is 16.1. The molecule has 0 saturated heterocycles. The number of fused-ring (bicyclic) bond motifs is 1. The van der Waals surface area contributed by atoms with E-state index in [-0.39, 0.29) is 29.0 Å². The van der Waals surface area contributed by atoms with Crippen molar-refractivity contribution in [3.8, 4) is 11.5 Å². The number of rotatable bonds is 5. The second-order valence-corrected chi connectivity index (χ2v) is 9.85. The van der Waals surface area contributed by atoms with Crippen molar-refractivity contribution in [3.05, 3.63) is 52.1 Å². The molecule has 34 heavy (non-hydrogen) atoms. The first-order valence-electron chi connectivity index (χ1n) is 12.0. The molecule has 0 aromatic heterocycles. The summed E-state index contributed by atoms with van der Waals surface area (Å²) in [5.41, 5.74) is 4.90. The molecule has 0 bridgehead atoms. The number of aromatic hydroxyl groups is 2. The van der Waals surface area contributed by atoms with Crippen LogP contribution in [0.15, 0.2) is 29.4 Å². The van der Waals surface area contributed by atoms with Gasteiger partial charge in [0, 0.05) is 37.5 Å². The third kappa shape index (κ3) is 3.77. The van der Waals surface area contributed by atoms with E-state index in [2.05, 4.69) is 41.5 Å². The van der Waals surface area contributed by atoms with Crippen LogP contribution in [-0.4, -0.2) is 42.0 Å². The van der Waals surface area contributed by atoms with Crippen LogP contribution >= 0.6 is 0 Å². The summed E-state index contributed by atoms with van der Waals surface area (Å²) in [6, 6.07) is 7.31. The fraction of sp³-hybridized carbons (Fsp3) is 0.481. The van der Waals surface area contributed by atoms with Gasteiger partial charge < -0.3 is 25.3 Å². The van der Waals surface area contributed by atoms with Gasteiger partial charge in [0.2, 0.25) is 0 Å². The average Bonchev–Trinajstić information content (AvgIpc) is 3.12. The monoisotopic (exact) mass is 465 g/mol. The Bertz CT molecular complexity index is 1160. The molecule has 0 aliphatic carbocycles. The van der Waals surface area contributed by atoms with Crippen molar-refractivity contribution < 1.29 is 19.8 Å². The van der Waals surface area contributed by atoms with Gasteiger partial charge in [-0.1, -0.05) is 25.1 Å². The van der Waals surface area contributed by atoms with Crippen LogP contribution in [0.25, 0.3) is 0 Å². The lowest BCUT2D eigenvalue weighted by molar-refractivity contribution is -0.114. The predicted octanol–water partition coefficient (Wildman–Crippen LogP) is 4.43. The van der Waals surface area contributed by atoms with E-state index in [1.54, 1.807) is 6.07 Å². The maximum atomic E-state index is 13.1. The van der Waals surface area contributed by atoms with E-state index in [0.29, 0.717) is 17.7 Å². The Morgan fingerprint density at radius 3 is 2.71 bits per heavy atom. The second kappa shape index (κ2) is 8.85. The van der Waals surface area contributed by atoms with Crippen molar-refractivity contribution in [2.75, 3.05) is 25.0 Å². The second-order valence-electron chi connectivity index (χ2n) is 9.85. The molecule has 1 unspecified atom stereocenters. The normalized spacial score (nSPS) is 21.8. The minimum Gasteiger partial charge on any atom is -0.508 e. The molecule has 2 heterocycles. The number of hydrogen-bond acceptors (Lipinski definition) is 6. The van der Waals surface area contributed by atoms with Crippen LogP contribution in [0.1, 0.15) is 73.8 Å². The van der Waals surface area contributed by atoms with Gasteiger partial charge in [-0.05, 0) is 73.9 Å². The van der Waals surface area contributed by atoms with E-state index in [9.17, 15) is 15.0 Å². The first-order valence-corrected chi connectivity index (χ1v) is 12.0. The van der Waals surface area contributed by atoms with Gasteiger partial charge in [0.15, 0.2) is 11.3 Å². The topological polar surface area (TPSA) is 94.4 Å². The van der Waals surface area contributed by atoms with Crippen LogP contribution in [0, 0.1) is 6.92 Å². The maximum Gasteiger partial charge on any atom is 0.269 e. The molecule has 2 atom stereocenters. The Balaban J connectivity index is 1.92. The zero-order chi connectivity index (χ0) is 24.8. The van der Waals surface area contributed by atoms with Gasteiger partial charge in [0.1, 0.15) is 11.5 Å². The molecule has 182 valence electrons. The number of benzene rings is 2. The van der Waals surface area contributed by atoms with Crippen molar-refractivity contribution >= 4 is 17.3 Å². The summed E-state index contributed by atoms with van der Waals surface area (Å²) in [5, 5.41) is 28.4. The summed E-state index contributed by atoms with van der Waals surface area (Å²) in [5.74, 6) is -0.836. The highest BCUT2D eigenvalue weighted by atomic mass is 16.7. The SMILES string of the molecule is CCNC(=O)C1=NO[C@@](C)(c2cc(C(C)C)c(O)cc2O)C1c1ccc2c(c1C)CCCN2C. The summed E-state index contributed by atoms with van der Waals surface area (Å²) in [4.78, 5) is 21.4. The number of amides is 1. The average molecular weight is 466 g/mol. The van der Waals surface area contributed by atoms with Gasteiger partial charge in [-0.3, -0.25) is 4.79 Å². The zero-order valence-electron chi connectivity index (χ0n) is 20.9. The van der Waals surface area contributed by atoms with Crippen LogP contribution in [0.5, 0.6) is 11.5 Å². The highest BCUT2D eigenvalue weighted by Gasteiger charge is 2.52. The molecule has 7 nitrogen and oxygen atoms in total. The molecule has 2 aliphatic heterocycles. The number of oxime groups is 1. The fourth-order valence-corrected chi connectivity index (χ4v) is 5.40. The van der Waals surface area contributed by atoms with E-state index in [4.69, 9.17) is 4.84 Å². The molecule has 2 aliphatic rings. The number of carbonyl (C=O) groups is 1. The third-order valence-corrected chi connectivity index (χ3v) is 7.29. The lowest BCUT2D eigenvalue weighted by Gasteiger charge is -2.34. The van der Waals surface area contributed by atoms with E-state index in [1.165, 1.54) is 17.3 Å². The van der Waals surface area contributed by atoms with Gasteiger partial charge in [-0.15, -0.1) is 0 Å². The quantitative estimate of drug-likeness (QED) is 0.607. The van der Waals surface area contributed by atoms with Crippen molar-refractivity contribution in [2.24, 2.45) is 5.16 Å². The Morgan fingerprint density at radius 2 is 2.03 bits per heavy atom. The van der Waals surface area contributed by atoms with Crippen LogP contribution in [-0.2, 0) is 21.7 Å². The lowest BCUT2D eigenvalue weighted by Crippen LogP contribution is -2.40.